The van der Waals surface area contributed by atoms with Gasteiger partial charge in [0.25, 0.3) is 0 Å². The van der Waals surface area contributed by atoms with Crippen LogP contribution in [-0.2, 0) is 0 Å². The first kappa shape index (κ1) is 6.57. The molecule has 0 nitrogen and oxygen atoms in total. The lowest BCUT2D eigenvalue weighted by Gasteiger charge is -1.82. The third-order valence-corrected chi connectivity index (χ3v) is 2.60. The van der Waals surface area contributed by atoms with Gasteiger partial charge in [0.15, 0.2) is 0 Å². The summed E-state index contributed by atoms with van der Waals surface area (Å²) in [6.07, 6.45) is 6.50. The van der Waals surface area contributed by atoms with E-state index in [2.05, 4.69) is 23.5 Å². The van der Waals surface area contributed by atoms with Gasteiger partial charge in [-0.2, -0.15) is 10.5 Å². The van der Waals surface area contributed by atoms with Gasteiger partial charge >= 0.3 is 0 Å². The summed E-state index contributed by atoms with van der Waals surface area (Å²) in [5.74, 6) is 0. The van der Waals surface area contributed by atoms with E-state index < -0.39 is 0 Å². The topological polar surface area (TPSA) is 0 Å². The van der Waals surface area contributed by atoms with E-state index in [0.717, 1.165) is 0 Å². The summed E-state index contributed by atoms with van der Waals surface area (Å²) < 4.78 is 2.24. The molecule has 0 spiro atoms. The smallest absolute Gasteiger partial charge is 0.00656 e. The van der Waals surface area contributed by atoms with Gasteiger partial charge in [0, 0.05) is 0 Å². The Kier molecular flexibility index (Phi) is 4.11. The zero-order valence-electron chi connectivity index (χ0n) is 4.39. The molecule has 0 saturated carbocycles. The van der Waals surface area contributed by atoms with Crippen molar-refractivity contribution in [2.45, 2.75) is 0 Å². The van der Waals surface area contributed by atoms with Crippen molar-refractivity contribution in [2.75, 3.05) is 18.8 Å². The Balaban J connectivity index is 3.14. The van der Waals surface area contributed by atoms with Gasteiger partial charge in [-0.05, 0) is 23.5 Å². The van der Waals surface area contributed by atoms with Crippen LogP contribution in [0.25, 0.3) is 0 Å². The van der Waals surface area contributed by atoms with Crippen LogP contribution in [-0.4, -0.2) is 23.5 Å². The van der Waals surface area contributed by atoms with Crippen LogP contribution in [0.3, 0.4) is 0 Å². The minimum Gasteiger partial charge on any atom is -0.186 e. The largest absolute Gasteiger partial charge is 0.186 e. The van der Waals surface area contributed by atoms with Crippen molar-refractivity contribution in [1.29, 1.82) is 0 Å². The molecule has 0 atom stereocenters. The number of rotatable bonds is 1. The lowest BCUT2D eigenvalue weighted by molar-refractivity contribution is 2.36. The molecule has 0 aromatic carbocycles. The summed E-state index contributed by atoms with van der Waals surface area (Å²) in [6.45, 7) is 0. The van der Waals surface area contributed by atoms with Crippen LogP contribution in [0.15, 0.2) is 0 Å². The van der Waals surface area contributed by atoms with E-state index in [9.17, 15) is 0 Å². The van der Waals surface area contributed by atoms with Crippen molar-refractivity contribution >= 4 is 26.9 Å². The summed E-state index contributed by atoms with van der Waals surface area (Å²) in [5, 5.41) is 0. The maximum atomic E-state index is 2.24. The van der Waals surface area contributed by atoms with E-state index in [1.54, 1.807) is 11.8 Å². The molecule has 0 heterocycles. The first-order chi connectivity index (χ1) is 2.77. The van der Waals surface area contributed by atoms with Gasteiger partial charge < -0.3 is 0 Å². The molecule has 0 rings (SSSR count). The quantitative estimate of drug-likeness (QED) is 0.476. The molecule has 0 fully saturated rings. The molecule has 0 aliphatic carbocycles. The Morgan fingerprint density at radius 1 is 1.50 bits per heavy atom. The van der Waals surface area contributed by atoms with E-state index in [1.807, 2.05) is 0 Å². The van der Waals surface area contributed by atoms with E-state index in [1.165, 1.54) is 0 Å². The van der Waals surface area contributed by atoms with Crippen LogP contribution >= 0.6 is 22.2 Å². The maximum absolute atomic E-state index is 2.24. The molecule has 0 N–H and O–H groups in total. The maximum Gasteiger partial charge on any atom is -0.00656 e. The Morgan fingerprint density at radius 3 is 2.00 bits per heavy atom. The van der Waals surface area contributed by atoms with Gasteiger partial charge in [0.2, 0.25) is 0 Å². The molecule has 0 aliphatic heterocycles. The molecule has 0 aromatic heterocycles. The Bertz CT molecular complexity index is 52.6. The molecule has 0 unspecified atom stereocenters. The summed E-state index contributed by atoms with van der Waals surface area (Å²) in [5.41, 5.74) is 0. The zero-order chi connectivity index (χ0) is 4.99. The summed E-state index contributed by atoms with van der Waals surface area (Å²) >= 11 is 1.80. The second-order valence-electron chi connectivity index (χ2n) is 1.21. The highest BCUT2D eigenvalue weighted by molar-refractivity contribution is 8.31. The van der Waals surface area contributed by atoms with Crippen LogP contribution in [0.4, 0.5) is 0 Å². The molecule has 38 valence electrons. The van der Waals surface area contributed by atoms with Crippen LogP contribution in [0, 0.1) is 0 Å². The highest BCUT2D eigenvalue weighted by atomic mass is 32.2. The second kappa shape index (κ2) is 3.75. The van der Waals surface area contributed by atoms with Crippen molar-refractivity contribution in [3.05, 3.63) is 0 Å². The predicted octanol–water partition coefficient (Wildman–Crippen LogP) is 1.64. The third kappa shape index (κ3) is 4.57. The average molecular weight is 122 g/mol. The van der Waals surface area contributed by atoms with Crippen molar-refractivity contribution in [1.82, 2.24) is 0 Å². The molecule has 0 aliphatic rings. The minimum atomic E-state index is 0.522. The Labute approximate surface area is 46.3 Å². The SMILES string of the molecule is CSC=S(C)C. The predicted molar refractivity (Wildman–Crippen MR) is 39.0 cm³/mol. The summed E-state index contributed by atoms with van der Waals surface area (Å²) in [6, 6.07) is 0. The van der Waals surface area contributed by atoms with Gasteiger partial charge in [-0.1, -0.05) is 0 Å². The number of hydrogen-bond acceptors (Lipinski definition) is 1. The van der Waals surface area contributed by atoms with Crippen molar-refractivity contribution in [3.8, 4) is 0 Å². The summed E-state index contributed by atoms with van der Waals surface area (Å²) in [7, 11) is 0.522. The van der Waals surface area contributed by atoms with Crippen LogP contribution < -0.4 is 0 Å². The molecule has 0 amide bonds. The van der Waals surface area contributed by atoms with Crippen LogP contribution in [0.1, 0.15) is 0 Å². The molecule has 0 bridgehead atoms. The second-order valence-corrected chi connectivity index (χ2v) is 4.21. The molecule has 2 heteroatoms. The van der Waals surface area contributed by atoms with Crippen molar-refractivity contribution in [2.24, 2.45) is 0 Å². The van der Waals surface area contributed by atoms with Gasteiger partial charge in [0.05, 0.1) is 0 Å². The zero-order valence-corrected chi connectivity index (χ0v) is 6.03. The third-order valence-electron chi connectivity index (χ3n) is 0.289. The summed E-state index contributed by atoms with van der Waals surface area (Å²) in [4.78, 5) is 0. The van der Waals surface area contributed by atoms with E-state index in [0.29, 0.717) is 10.5 Å². The Morgan fingerprint density at radius 2 is 2.00 bits per heavy atom. The standard InChI is InChI=1S/C4H10S2/c1-5-4-6(2)3/h4H,1-3H3. The molecule has 0 radical (unpaired) electrons. The first-order valence-corrected chi connectivity index (χ1v) is 5.09. The molecule has 6 heavy (non-hydrogen) atoms. The fourth-order valence-corrected chi connectivity index (χ4v) is 1.73. The van der Waals surface area contributed by atoms with Crippen molar-refractivity contribution < 1.29 is 0 Å². The van der Waals surface area contributed by atoms with Gasteiger partial charge in [-0.15, -0.1) is 11.8 Å². The fraction of sp³-hybridized carbons (Fsp3) is 0.750. The molecular formula is C4H10S2. The average Bonchev–Trinajstić information content (AvgIpc) is 1.35. The normalized spacial score (nSPS) is 9.33. The van der Waals surface area contributed by atoms with E-state index >= 15 is 0 Å². The lowest BCUT2D eigenvalue weighted by Crippen LogP contribution is -1.58. The highest BCUT2D eigenvalue weighted by Gasteiger charge is 1.65. The monoisotopic (exact) mass is 122 g/mol. The van der Waals surface area contributed by atoms with E-state index in [-0.39, 0.29) is 0 Å². The van der Waals surface area contributed by atoms with Crippen LogP contribution in [0.2, 0.25) is 0 Å². The highest BCUT2D eigenvalue weighted by Crippen LogP contribution is 2.00. The fourth-order valence-electron chi connectivity index (χ4n) is 0.192. The van der Waals surface area contributed by atoms with E-state index in [4.69, 9.17) is 0 Å². The van der Waals surface area contributed by atoms with Gasteiger partial charge in [0.1, 0.15) is 0 Å². The van der Waals surface area contributed by atoms with Gasteiger partial charge in [-0.3, -0.25) is 0 Å². The van der Waals surface area contributed by atoms with Gasteiger partial charge in [-0.25, -0.2) is 0 Å². The Hall–Kier alpha value is 0.570. The molecule has 0 aromatic rings. The number of hydrogen-bond donors (Lipinski definition) is 0. The molecular weight excluding hydrogens is 112 g/mol. The number of thioether (sulfide) groups is 1. The first-order valence-electron chi connectivity index (χ1n) is 1.70. The molecule has 0 saturated heterocycles. The minimum absolute atomic E-state index is 0.522. The van der Waals surface area contributed by atoms with Crippen molar-refractivity contribution in [3.63, 3.8) is 0 Å². The van der Waals surface area contributed by atoms with Crippen LogP contribution in [0.5, 0.6) is 0 Å². The lowest BCUT2D eigenvalue weighted by atomic mass is 11.9.